The molecule has 2 nitrogen and oxygen atoms in total. The first-order valence-electron chi connectivity index (χ1n) is 6.85. The summed E-state index contributed by atoms with van der Waals surface area (Å²) in [5.74, 6) is 1.14. The lowest BCUT2D eigenvalue weighted by Gasteiger charge is -2.15. The van der Waals surface area contributed by atoms with Crippen LogP contribution in [0.25, 0.3) is 0 Å². The van der Waals surface area contributed by atoms with E-state index in [4.69, 9.17) is 0 Å². The zero-order valence-corrected chi connectivity index (χ0v) is 12.3. The van der Waals surface area contributed by atoms with E-state index in [1.165, 1.54) is 23.3 Å². The molecule has 0 unspecified atom stereocenters. The molecular formula is C15H24N2S. The molecule has 1 aromatic rings. The van der Waals surface area contributed by atoms with Crippen LogP contribution in [0.1, 0.15) is 25.3 Å². The fourth-order valence-corrected chi connectivity index (χ4v) is 2.97. The first-order valence-corrected chi connectivity index (χ1v) is 7.84. The minimum Gasteiger partial charge on any atom is -0.319 e. The van der Waals surface area contributed by atoms with Crippen molar-refractivity contribution in [2.24, 2.45) is 5.41 Å². The molecule has 0 amide bonds. The average Bonchev–Trinajstić information content (AvgIpc) is 3.12. The van der Waals surface area contributed by atoms with Gasteiger partial charge in [0.15, 0.2) is 0 Å². The molecule has 0 saturated heterocycles. The Morgan fingerprint density at radius 3 is 2.44 bits per heavy atom. The fraction of sp³-hybridized carbons (Fsp3) is 0.600. The molecule has 0 spiro atoms. The largest absolute Gasteiger partial charge is 0.319 e. The summed E-state index contributed by atoms with van der Waals surface area (Å²) in [5.41, 5.74) is 1.93. The van der Waals surface area contributed by atoms with Gasteiger partial charge in [-0.25, -0.2) is 0 Å². The highest BCUT2D eigenvalue weighted by Crippen LogP contribution is 2.44. The van der Waals surface area contributed by atoms with Crippen LogP contribution < -0.4 is 10.6 Å². The number of benzene rings is 1. The van der Waals surface area contributed by atoms with E-state index in [0.717, 1.165) is 25.4 Å². The zero-order chi connectivity index (χ0) is 12.8. The summed E-state index contributed by atoms with van der Waals surface area (Å²) in [6.45, 7) is 5.46. The SMILES string of the molecule is CCSc1ccc(CNCC2(CNC)CC2)cc1. The van der Waals surface area contributed by atoms with Crippen LogP contribution in [0.4, 0.5) is 0 Å². The Morgan fingerprint density at radius 2 is 1.89 bits per heavy atom. The molecule has 0 radical (unpaired) electrons. The predicted molar refractivity (Wildman–Crippen MR) is 80.1 cm³/mol. The third-order valence-electron chi connectivity index (χ3n) is 3.57. The second-order valence-electron chi connectivity index (χ2n) is 5.21. The summed E-state index contributed by atoms with van der Waals surface area (Å²) in [6, 6.07) is 8.93. The van der Waals surface area contributed by atoms with Gasteiger partial charge < -0.3 is 10.6 Å². The maximum atomic E-state index is 3.59. The Balaban J connectivity index is 1.73. The van der Waals surface area contributed by atoms with E-state index in [-0.39, 0.29) is 0 Å². The van der Waals surface area contributed by atoms with Crippen LogP contribution in [0.15, 0.2) is 29.2 Å². The van der Waals surface area contributed by atoms with E-state index >= 15 is 0 Å². The number of nitrogens with one attached hydrogen (secondary N) is 2. The van der Waals surface area contributed by atoms with Gasteiger partial charge >= 0.3 is 0 Å². The number of rotatable bonds is 8. The van der Waals surface area contributed by atoms with Gasteiger partial charge in [-0.15, -0.1) is 11.8 Å². The molecule has 1 aliphatic carbocycles. The Morgan fingerprint density at radius 1 is 1.17 bits per heavy atom. The first-order chi connectivity index (χ1) is 8.78. The van der Waals surface area contributed by atoms with Crippen LogP contribution in [-0.4, -0.2) is 25.9 Å². The van der Waals surface area contributed by atoms with E-state index in [1.54, 1.807) is 0 Å². The Labute approximate surface area is 115 Å². The molecule has 0 atom stereocenters. The van der Waals surface area contributed by atoms with E-state index in [1.807, 2.05) is 18.8 Å². The molecule has 100 valence electrons. The summed E-state index contributed by atoms with van der Waals surface area (Å²) in [7, 11) is 2.05. The van der Waals surface area contributed by atoms with Gasteiger partial charge in [-0.1, -0.05) is 19.1 Å². The third kappa shape index (κ3) is 4.01. The third-order valence-corrected chi connectivity index (χ3v) is 4.47. The number of hydrogen-bond donors (Lipinski definition) is 2. The van der Waals surface area contributed by atoms with Crippen LogP contribution >= 0.6 is 11.8 Å². The summed E-state index contributed by atoms with van der Waals surface area (Å²) >= 11 is 1.90. The Bertz CT molecular complexity index is 357. The lowest BCUT2D eigenvalue weighted by atomic mass is 10.1. The second-order valence-corrected chi connectivity index (χ2v) is 6.55. The molecule has 2 N–H and O–H groups in total. The van der Waals surface area contributed by atoms with Crippen molar-refractivity contribution < 1.29 is 0 Å². The van der Waals surface area contributed by atoms with Crippen molar-refractivity contribution in [2.45, 2.75) is 31.2 Å². The zero-order valence-electron chi connectivity index (χ0n) is 11.5. The standard InChI is InChI=1S/C15H24N2S/c1-3-18-14-6-4-13(5-7-14)10-17-12-15(8-9-15)11-16-2/h4-7,16-17H,3,8-12H2,1-2H3. The highest BCUT2D eigenvalue weighted by molar-refractivity contribution is 7.99. The monoisotopic (exact) mass is 264 g/mol. The molecule has 1 saturated carbocycles. The minimum absolute atomic E-state index is 0.548. The maximum Gasteiger partial charge on any atom is 0.0205 e. The van der Waals surface area contributed by atoms with Crippen molar-refractivity contribution in [3.63, 3.8) is 0 Å². The van der Waals surface area contributed by atoms with E-state index in [2.05, 4.69) is 41.8 Å². The van der Waals surface area contributed by atoms with E-state index < -0.39 is 0 Å². The lowest BCUT2D eigenvalue weighted by Crippen LogP contribution is -2.30. The Kier molecular flexibility index (Phi) is 5.10. The van der Waals surface area contributed by atoms with Gasteiger partial charge in [0, 0.05) is 24.5 Å². The quantitative estimate of drug-likeness (QED) is 0.706. The molecule has 0 aromatic heterocycles. The molecule has 0 heterocycles. The summed E-state index contributed by atoms with van der Waals surface area (Å²) < 4.78 is 0. The predicted octanol–water partition coefficient (Wildman–Crippen LogP) is 2.89. The molecule has 18 heavy (non-hydrogen) atoms. The van der Waals surface area contributed by atoms with Crippen molar-refractivity contribution in [1.29, 1.82) is 0 Å². The minimum atomic E-state index is 0.548. The number of hydrogen-bond acceptors (Lipinski definition) is 3. The highest BCUT2D eigenvalue weighted by Gasteiger charge is 2.41. The van der Waals surface area contributed by atoms with E-state index in [9.17, 15) is 0 Å². The smallest absolute Gasteiger partial charge is 0.0205 e. The van der Waals surface area contributed by atoms with Crippen molar-refractivity contribution in [3.05, 3.63) is 29.8 Å². The summed E-state index contributed by atoms with van der Waals surface area (Å²) in [6.07, 6.45) is 2.74. The fourth-order valence-electron chi connectivity index (χ4n) is 2.31. The van der Waals surface area contributed by atoms with Crippen molar-refractivity contribution in [3.8, 4) is 0 Å². The van der Waals surface area contributed by atoms with Gasteiger partial charge in [-0.05, 0) is 48.8 Å². The molecule has 1 aromatic carbocycles. The normalized spacial score (nSPS) is 16.8. The van der Waals surface area contributed by atoms with Crippen LogP contribution in [0, 0.1) is 5.41 Å². The molecule has 3 heteroatoms. The summed E-state index contributed by atoms with van der Waals surface area (Å²) in [5, 5.41) is 6.89. The molecule has 0 bridgehead atoms. The molecular weight excluding hydrogens is 240 g/mol. The van der Waals surface area contributed by atoms with Gasteiger partial charge in [0.2, 0.25) is 0 Å². The van der Waals surface area contributed by atoms with Crippen LogP contribution in [0.3, 0.4) is 0 Å². The van der Waals surface area contributed by atoms with Crippen LogP contribution in [-0.2, 0) is 6.54 Å². The van der Waals surface area contributed by atoms with E-state index in [0.29, 0.717) is 5.41 Å². The van der Waals surface area contributed by atoms with Crippen molar-refractivity contribution >= 4 is 11.8 Å². The molecule has 1 fully saturated rings. The molecule has 0 aliphatic heterocycles. The first kappa shape index (κ1) is 13.9. The maximum absolute atomic E-state index is 3.59. The average molecular weight is 264 g/mol. The van der Waals surface area contributed by atoms with Gasteiger partial charge in [0.1, 0.15) is 0 Å². The van der Waals surface area contributed by atoms with Crippen LogP contribution in [0.2, 0.25) is 0 Å². The van der Waals surface area contributed by atoms with Crippen LogP contribution in [0.5, 0.6) is 0 Å². The van der Waals surface area contributed by atoms with Gasteiger partial charge in [0.25, 0.3) is 0 Å². The summed E-state index contributed by atoms with van der Waals surface area (Å²) in [4.78, 5) is 1.37. The van der Waals surface area contributed by atoms with Gasteiger partial charge in [-0.3, -0.25) is 0 Å². The highest BCUT2D eigenvalue weighted by atomic mass is 32.2. The number of thioether (sulfide) groups is 1. The van der Waals surface area contributed by atoms with Gasteiger partial charge in [0.05, 0.1) is 0 Å². The molecule has 1 aliphatic rings. The van der Waals surface area contributed by atoms with Crippen molar-refractivity contribution in [1.82, 2.24) is 10.6 Å². The second kappa shape index (κ2) is 6.60. The lowest BCUT2D eigenvalue weighted by molar-refractivity contribution is 0.438. The van der Waals surface area contributed by atoms with Gasteiger partial charge in [-0.2, -0.15) is 0 Å². The Hall–Kier alpha value is -0.510. The topological polar surface area (TPSA) is 24.1 Å². The molecule has 2 rings (SSSR count). The van der Waals surface area contributed by atoms with Crippen molar-refractivity contribution in [2.75, 3.05) is 25.9 Å².